The molecule has 30 heavy (non-hydrogen) atoms. The van der Waals surface area contributed by atoms with Gasteiger partial charge in [-0.05, 0) is 49.0 Å². The lowest BCUT2D eigenvalue weighted by Gasteiger charge is -2.15. The molecular formula is C21H19N3O5S. The summed E-state index contributed by atoms with van der Waals surface area (Å²) in [5.74, 6) is -2.13. The average Bonchev–Trinajstić information content (AvgIpc) is 2.97. The summed E-state index contributed by atoms with van der Waals surface area (Å²) < 4.78 is 5.08. The van der Waals surface area contributed by atoms with Crippen molar-refractivity contribution in [1.29, 1.82) is 0 Å². The zero-order valence-corrected chi connectivity index (χ0v) is 17.0. The number of hydrogen-bond donors (Lipinski definition) is 2. The van der Waals surface area contributed by atoms with Gasteiger partial charge in [0.1, 0.15) is 6.54 Å². The molecule has 1 aliphatic rings. The SMILES string of the molecule is CCCOC(=O)c1cccc(NC(=S)NC(=O)CN2C(=O)c3ccccc3C2=O)c1. The van der Waals surface area contributed by atoms with Crippen LogP contribution in [0.3, 0.4) is 0 Å². The van der Waals surface area contributed by atoms with Crippen LogP contribution < -0.4 is 10.6 Å². The molecule has 0 saturated heterocycles. The molecule has 2 aromatic rings. The molecule has 0 fully saturated rings. The molecule has 0 atom stereocenters. The Bertz CT molecular complexity index is 1000. The smallest absolute Gasteiger partial charge is 0.338 e. The maximum atomic E-state index is 12.3. The first-order valence-corrected chi connectivity index (χ1v) is 9.64. The number of imide groups is 1. The second-order valence-electron chi connectivity index (χ2n) is 6.46. The summed E-state index contributed by atoms with van der Waals surface area (Å²) in [7, 11) is 0. The fourth-order valence-corrected chi connectivity index (χ4v) is 3.09. The summed E-state index contributed by atoms with van der Waals surface area (Å²) in [4.78, 5) is 49.7. The lowest BCUT2D eigenvalue weighted by Crippen LogP contribution is -2.43. The Balaban J connectivity index is 1.57. The predicted molar refractivity (Wildman–Crippen MR) is 113 cm³/mol. The number of benzene rings is 2. The van der Waals surface area contributed by atoms with Crippen LogP contribution in [-0.2, 0) is 9.53 Å². The molecule has 9 heteroatoms. The van der Waals surface area contributed by atoms with Crippen LogP contribution in [-0.4, -0.2) is 46.9 Å². The minimum atomic E-state index is -0.625. The van der Waals surface area contributed by atoms with Gasteiger partial charge < -0.3 is 15.4 Å². The Labute approximate surface area is 178 Å². The van der Waals surface area contributed by atoms with Crippen molar-refractivity contribution >= 4 is 46.7 Å². The molecule has 2 aromatic carbocycles. The molecule has 0 radical (unpaired) electrons. The first-order valence-electron chi connectivity index (χ1n) is 9.24. The summed E-state index contributed by atoms with van der Waals surface area (Å²) in [5.41, 5.74) is 1.35. The first-order chi connectivity index (χ1) is 14.4. The molecular weight excluding hydrogens is 406 g/mol. The van der Waals surface area contributed by atoms with Crippen LogP contribution in [0.4, 0.5) is 5.69 Å². The third-order valence-electron chi connectivity index (χ3n) is 4.23. The lowest BCUT2D eigenvalue weighted by molar-refractivity contribution is -0.120. The van der Waals surface area contributed by atoms with Crippen molar-refractivity contribution in [3.63, 3.8) is 0 Å². The number of nitrogens with zero attached hydrogens (tertiary/aromatic N) is 1. The van der Waals surface area contributed by atoms with Gasteiger partial charge in [0, 0.05) is 5.69 Å². The Morgan fingerprint density at radius 1 is 1.03 bits per heavy atom. The number of anilines is 1. The molecule has 2 N–H and O–H groups in total. The van der Waals surface area contributed by atoms with E-state index < -0.39 is 30.2 Å². The van der Waals surface area contributed by atoms with Gasteiger partial charge >= 0.3 is 5.97 Å². The second kappa shape index (κ2) is 9.27. The number of fused-ring (bicyclic) bond motifs is 1. The Morgan fingerprint density at radius 2 is 1.70 bits per heavy atom. The maximum Gasteiger partial charge on any atom is 0.338 e. The zero-order valence-electron chi connectivity index (χ0n) is 16.1. The number of hydrogen-bond acceptors (Lipinski definition) is 6. The van der Waals surface area contributed by atoms with Crippen LogP contribution in [0.25, 0.3) is 0 Å². The normalized spacial score (nSPS) is 12.4. The van der Waals surface area contributed by atoms with Crippen molar-refractivity contribution in [2.45, 2.75) is 13.3 Å². The first kappa shape index (κ1) is 21.1. The van der Waals surface area contributed by atoms with Gasteiger partial charge in [0.15, 0.2) is 5.11 Å². The van der Waals surface area contributed by atoms with Gasteiger partial charge in [0.2, 0.25) is 5.91 Å². The summed E-state index contributed by atoms with van der Waals surface area (Å²) in [6.45, 7) is 1.76. The number of amides is 3. The average molecular weight is 425 g/mol. The van der Waals surface area contributed by atoms with Gasteiger partial charge in [-0.25, -0.2) is 4.79 Å². The van der Waals surface area contributed by atoms with Crippen LogP contribution in [0.5, 0.6) is 0 Å². The summed E-state index contributed by atoms with van der Waals surface area (Å²) in [6, 6.07) is 12.8. The molecule has 3 rings (SSSR count). The minimum absolute atomic E-state index is 0.0318. The van der Waals surface area contributed by atoms with Gasteiger partial charge in [-0.1, -0.05) is 25.1 Å². The topological polar surface area (TPSA) is 105 Å². The number of carbonyl (C=O) groups excluding carboxylic acids is 4. The van der Waals surface area contributed by atoms with Crippen molar-refractivity contribution in [3.8, 4) is 0 Å². The number of nitrogens with one attached hydrogen (secondary N) is 2. The fourth-order valence-electron chi connectivity index (χ4n) is 2.86. The molecule has 8 nitrogen and oxygen atoms in total. The predicted octanol–water partition coefficient (Wildman–Crippen LogP) is 2.36. The van der Waals surface area contributed by atoms with Crippen LogP contribution in [0.15, 0.2) is 48.5 Å². The van der Waals surface area contributed by atoms with Crippen molar-refractivity contribution < 1.29 is 23.9 Å². The highest BCUT2D eigenvalue weighted by Gasteiger charge is 2.36. The number of esters is 1. The lowest BCUT2D eigenvalue weighted by atomic mass is 10.1. The zero-order chi connectivity index (χ0) is 21.7. The minimum Gasteiger partial charge on any atom is -0.462 e. The summed E-state index contributed by atoms with van der Waals surface area (Å²) in [6.07, 6.45) is 0.715. The highest BCUT2D eigenvalue weighted by Crippen LogP contribution is 2.21. The maximum absolute atomic E-state index is 12.3. The van der Waals surface area contributed by atoms with Crippen LogP contribution >= 0.6 is 12.2 Å². The van der Waals surface area contributed by atoms with Gasteiger partial charge in [-0.2, -0.15) is 0 Å². The van der Waals surface area contributed by atoms with E-state index >= 15 is 0 Å². The molecule has 0 aliphatic carbocycles. The molecule has 1 heterocycles. The summed E-state index contributed by atoms with van der Waals surface area (Å²) in [5, 5.41) is 5.19. The quantitative estimate of drug-likeness (QED) is 0.416. The van der Waals surface area contributed by atoms with Gasteiger partial charge in [0.05, 0.1) is 23.3 Å². The molecule has 0 saturated carbocycles. The molecule has 1 aliphatic heterocycles. The van der Waals surface area contributed by atoms with E-state index in [2.05, 4.69) is 10.6 Å². The largest absolute Gasteiger partial charge is 0.462 e. The molecule has 0 bridgehead atoms. The highest BCUT2D eigenvalue weighted by molar-refractivity contribution is 7.80. The molecule has 0 aromatic heterocycles. The van der Waals surface area contributed by atoms with Crippen molar-refractivity contribution in [2.75, 3.05) is 18.5 Å². The van der Waals surface area contributed by atoms with E-state index in [1.54, 1.807) is 36.4 Å². The third-order valence-corrected chi connectivity index (χ3v) is 4.43. The van der Waals surface area contributed by atoms with E-state index in [1.165, 1.54) is 12.1 Å². The van der Waals surface area contributed by atoms with Gasteiger partial charge in [-0.15, -0.1) is 0 Å². The summed E-state index contributed by atoms with van der Waals surface area (Å²) >= 11 is 5.11. The van der Waals surface area contributed by atoms with Crippen LogP contribution in [0.1, 0.15) is 44.4 Å². The number of ether oxygens (including phenoxy) is 1. The molecule has 3 amide bonds. The van der Waals surface area contributed by atoms with Crippen molar-refractivity contribution in [1.82, 2.24) is 10.2 Å². The van der Waals surface area contributed by atoms with Gasteiger partial charge in [0.25, 0.3) is 11.8 Å². The monoisotopic (exact) mass is 425 g/mol. The fraction of sp³-hybridized carbons (Fsp3) is 0.190. The number of carbonyl (C=O) groups is 4. The van der Waals surface area contributed by atoms with E-state index in [0.29, 0.717) is 24.3 Å². The van der Waals surface area contributed by atoms with Crippen LogP contribution in [0.2, 0.25) is 0 Å². The van der Waals surface area contributed by atoms with E-state index in [9.17, 15) is 19.2 Å². The van der Waals surface area contributed by atoms with Crippen molar-refractivity contribution in [3.05, 3.63) is 65.2 Å². The standard InChI is InChI=1S/C21H19N3O5S/c1-2-10-29-20(28)13-6-5-7-14(11-13)22-21(30)23-17(25)12-24-18(26)15-8-3-4-9-16(15)19(24)27/h3-9,11H,2,10,12H2,1H3,(H2,22,23,25,30). The number of thiocarbonyl (C=S) groups is 1. The third kappa shape index (κ3) is 4.69. The van der Waals surface area contributed by atoms with E-state index in [0.717, 1.165) is 4.90 Å². The van der Waals surface area contributed by atoms with E-state index in [4.69, 9.17) is 17.0 Å². The molecule has 0 unspecified atom stereocenters. The van der Waals surface area contributed by atoms with Gasteiger partial charge in [-0.3, -0.25) is 19.3 Å². The number of rotatable bonds is 6. The van der Waals surface area contributed by atoms with E-state index in [-0.39, 0.29) is 16.2 Å². The van der Waals surface area contributed by atoms with Crippen molar-refractivity contribution in [2.24, 2.45) is 0 Å². The Hall–Kier alpha value is -3.59. The molecule has 0 spiro atoms. The molecule has 154 valence electrons. The highest BCUT2D eigenvalue weighted by atomic mass is 32.1. The Morgan fingerprint density at radius 3 is 2.33 bits per heavy atom. The van der Waals surface area contributed by atoms with Crippen LogP contribution in [0, 0.1) is 0 Å². The Kier molecular flexibility index (Phi) is 6.53. The second-order valence-corrected chi connectivity index (χ2v) is 6.87. The van der Waals surface area contributed by atoms with E-state index in [1.807, 2.05) is 6.92 Å².